The third kappa shape index (κ3) is 4.80. The van der Waals surface area contributed by atoms with Gasteiger partial charge >= 0.3 is 0 Å². The molecule has 0 aliphatic carbocycles. The first-order valence-corrected chi connectivity index (χ1v) is 9.16. The van der Waals surface area contributed by atoms with Crippen molar-refractivity contribution >= 4 is 0 Å². The number of ether oxygens (including phenoxy) is 1. The van der Waals surface area contributed by atoms with Crippen LogP contribution in [0, 0.1) is 5.82 Å². The highest BCUT2D eigenvalue weighted by atomic mass is 19.1. The van der Waals surface area contributed by atoms with Gasteiger partial charge in [-0.1, -0.05) is 43.3 Å². The van der Waals surface area contributed by atoms with Gasteiger partial charge in [0.15, 0.2) is 0 Å². The summed E-state index contributed by atoms with van der Waals surface area (Å²) in [4.78, 5) is 2.54. The van der Waals surface area contributed by atoms with Gasteiger partial charge in [0, 0.05) is 30.3 Å². The summed E-state index contributed by atoms with van der Waals surface area (Å²) in [6, 6.07) is 15.4. The lowest BCUT2D eigenvalue weighted by molar-refractivity contribution is 0.258. The summed E-state index contributed by atoms with van der Waals surface area (Å²) >= 11 is 0. The second kappa shape index (κ2) is 8.97. The smallest absolute Gasteiger partial charge is 0.129 e. The number of likely N-dealkylation sites (N-methyl/N-ethyl adjacent to an activating group) is 1. The minimum atomic E-state index is -0.223. The van der Waals surface area contributed by atoms with Crippen LogP contribution in [0.2, 0.25) is 0 Å². The van der Waals surface area contributed by atoms with E-state index in [4.69, 9.17) is 4.74 Å². The summed E-state index contributed by atoms with van der Waals surface area (Å²) in [5, 5.41) is 3.56. The van der Waals surface area contributed by atoms with Gasteiger partial charge in [0.1, 0.15) is 18.2 Å². The summed E-state index contributed by atoms with van der Waals surface area (Å²) in [6.45, 7) is 6.57. The van der Waals surface area contributed by atoms with Crippen LogP contribution in [-0.4, -0.2) is 30.6 Å². The topological polar surface area (TPSA) is 24.5 Å². The molecule has 1 fully saturated rings. The van der Waals surface area contributed by atoms with E-state index in [0.29, 0.717) is 11.6 Å². The van der Waals surface area contributed by atoms with E-state index in [0.717, 1.165) is 30.9 Å². The van der Waals surface area contributed by atoms with Gasteiger partial charge in [-0.25, -0.2) is 4.39 Å². The lowest BCUT2D eigenvalue weighted by Crippen LogP contribution is -2.37. The Bertz CT molecular complexity index is 676. The van der Waals surface area contributed by atoms with Gasteiger partial charge in [0.2, 0.25) is 0 Å². The number of hydrogen-bond acceptors (Lipinski definition) is 3. The Morgan fingerprint density at radius 2 is 1.88 bits per heavy atom. The molecule has 0 radical (unpaired) electrons. The molecule has 2 aromatic carbocycles. The Morgan fingerprint density at radius 3 is 2.68 bits per heavy atom. The van der Waals surface area contributed by atoms with Crippen LogP contribution < -0.4 is 10.1 Å². The zero-order valence-electron chi connectivity index (χ0n) is 14.9. The van der Waals surface area contributed by atoms with Gasteiger partial charge in [0.25, 0.3) is 0 Å². The molecular formula is C21H27FN2O. The Hall–Kier alpha value is -1.91. The van der Waals surface area contributed by atoms with Crippen molar-refractivity contribution in [3.8, 4) is 5.75 Å². The number of hydrogen-bond donors (Lipinski definition) is 1. The maximum atomic E-state index is 13.7. The minimum Gasteiger partial charge on any atom is -0.488 e. The van der Waals surface area contributed by atoms with E-state index in [1.54, 1.807) is 12.1 Å². The van der Waals surface area contributed by atoms with Crippen LogP contribution in [0.15, 0.2) is 48.5 Å². The average Bonchev–Trinajstić information content (AvgIpc) is 3.09. The zero-order valence-corrected chi connectivity index (χ0v) is 14.9. The first kappa shape index (κ1) is 17.9. The molecule has 0 aromatic heterocycles. The summed E-state index contributed by atoms with van der Waals surface area (Å²) in [6.07, 6.45) is 2.56. The zero-order chi connectivity index (χ0) is 17.5. The number of rotatable bonds is 8. The third-order valence-corrected chi connectivity index (χ3v) is 4.91. The molecule has 1 saturated heterocycles. The van der Waals surface area contributed by atoms with E-state index in [1.165, 1.54) is 25.5 Å². The fraction of sp³-hybridized carbons (Fsp3) is 0.429. The molecule has 1 aliphatic heterocycles. The second-order valence-corrected chi connectivity index (χ2v) is 6.54. The predicted octanol–water partition coefficient (Wildman–Crippen LogP) is 3.98. The van der Waals surface area contributed by atoms with Crippen LogP contribution in [0.1, 0.15) is 30.9 Å². The van der Waals surface area contributed by atoms with Crippen LogP contribution in [0.25, 0.3) is 0 Å². The molecule has 0 spiro atoms. The van der Waals surface area contributed by atoms with Gasteiger partial charge in [-0.05, 0) is 38.1 Å². The van der Waals surface area contributed by atoms with Crippen LogP contribution in [0.5, 0.6) is 5.75 Å². The van der Waals surface area contributed by atoms with Crippen molar-refractivity contribution < 1.29 is 9.13 Å². The molecule has 1 heterocycles. The molecule has 1 unspecified atom stereocenters. The molecule has 2 aromatic rings. The number of nitrogens with one attached hydrogen (secondary N) is 1. The van der Waals surface area contributed by atoms with Gasteiger partial charge in [-0.3, -0.25) is 4.90 Å². The predicted molar refractivity (Wildman–Crippen MR) is 99.1 cm³/mol. The van der Waals surface area contributed by atoms with E-state index in [2.05, 4.69) is 23.2 Å². The fourth-order valence-electron chi connectivity index (χ4n) is 3.48. The Morgan fingerprint density at radius 1 is 1.12 bits per heavy atom. The number of halogens is 1. The fourth-order valence-corrected chi connectivity index (χ4v) is 3.48. The highest BCUT2D eigenvalue weighted by molar-refractivity contribution is 5.33. The molecular weight excluding hydrogens is 315 g/mol. The molecule has 3 nitrogen and oxygen atoms in total. The third-order valence-electron chi connectivity index (χ3n) is 4.91. The standard InChI is InChI=1S/C21H27FN2O/c1-2-24-13-7-10-19(24)15-23-14-17-8-4-6-12-21(17)25-16-18-9-3-5-11-20(18)22/h3-6,8-9,11-12,19,23H,2,7,10,13-16H2,1H3. The molecule has 1 aliphatic rings. The van der Waals surface area contributed by atoms with Gasteiger partial charge < -0.3 is 10.1 Å². The summed E-state index contributed by atoms with van der Waals surface area (Å²) < 4.78 is 19.6. The van der Waals surface area contributed by atoms with Crippen molar-refractivity contribution in [2.24, 2.45) is 0 Å². The van der Waals surface area contributed by atoms with E-state index in [9.17, 15) is 4.39 Å². The van der Waals surface area contributed by atoms with Crippen molar-refractivity contribution in [1.82, 2.24) is 10.2 Å². The highest BCUT2D eigenvalue weighted by Gasteiger charge is 2.22. The maximum Gasteiger partial charge on any atom is 0.129 e. The van der Waals surface area contributed by atoms with Crippen molar-refractivity contribution in [2.75, 3.05) is 19.6 Å². The Labute approximate surface area is 149 Å². The average molecular weight is 342 g/mol. The quantitative estimate of drug-likeness (QED) is 0.785. The number of likely N-dealkylation sites (tertiary alicyclic amines) is 1. The van der Waals surface area contributed by atoms with Crippen molar-refractivity contribution in [3.63, 3.8) is 0 Å². The Kier molecular flexibility index (Phi) is 6.42. The number of para-hydroxylation sites is 1. The largest absolute Gasteiger partial charge is 0.488 e. The summed E-state index contributed by atoms with van der Waals surface area (Å²) in [5.41, 5.74) is 1.69. The van der Waals surface area contributed by atoms with Crippen molar-refractivity contribution in [3.05, 3.63) is 65.5 Å². The molecule has 0 amide bonds. The molecule has 0 saturated carbocycles. The monoisotopic (exact) mass is 342 g/mol. The molecule has 25 heavy (non-hydrogen) atoms. The van der Waals surface area contributed by atoms with E-state index in [-0.39, 0.29) is 12.4 Å². The number of benzene rings is 2. The van der Waals surface area contributed by atoms with Crippen molar-refractivity contribution in [2.45, 2.75) is 39.0 Å². The maximum absolute atomic E-state index is 13.7. The first-order chi connectivity index (χ1) is 12.3. The van der Waals surface area contributed by atoms with Gasteiger partial charge in [-0.2, -0.15) is 0 Å². The molecule has 1 atom stereocenters. The van der Waals surface area contributed by atoms with Crippen molar-refractivity contribution in [1.29, 1.82) is 0 Å². The second-order valence-electron chi connectivity index (χ2n) is 6.54. The van der Waals surface area contributed by atoms with Crippen LogP contribution in [-0.2, 0) is 13.2 Å². The van der Waals surface area contributed by atoms with Gasteiger partial charge in [-0.15, -0.1) is 0 Å². The lowest BCUT2D eigenvalue weighted by atomic mass is 10.1. The van der Waals surface area contributed by atoms with E-state index >= 15 is 0 Å². The lowest BCUT2D eigenvalue weighted by Gasteiger charge is -2.23. The molecule has 134 valence electrons. The Balaban J connectivity index is 1.55. The van der Waals surface area contributed by atoms with Gasteiger partial charge in [0.05, 0.1) is 0 Å². The van der Waals surface area contributed by atoms with Crippen LogP contribution in [0.3, 0.4) is 0 Å². The molecule has 4 heteroatoms. The number of nitrogens with zero attached hydrogens (tertiary/aromatic N) is 1. The molecule has 1 N–H and O–H groups in total. The van der Waals surface area contributed by atoms with E-state index in [1.807, 2.05) is 24.3 Å². The molecule has 3 rings (SSSR count). The highest BCUT2D eigenvalue weighted by Crippen LogP contribution is 2.21. The van der Waals surface area contributed by atoms with Crippen LogP contribution >= 0.6 is 0 Å². The normalized spacial score (nSPS) is 17.8. The molecule has 0 bridgehead atoms. The summed E-state index contributed by atoms with van der Waals surface area (Å²) in [7, 11) is 0. The van der Waals surface area contributed by atoms with Crippen LogP contribution in [0.4, 0.5) is 4.39 Å². The SMILES string of the molecule is CCN1CCCC1CNCc1ccccc1OCc1ccccc1F. The minimum absolute atomic E-state index is 0.223. The first-order valence-electron chi connectivity index (χ1n) is 9.16. The summed E-state index contributed by atoms with van der Waals surface area (Å²) in [5.74, 6) is 0.594. The van der Waals surface area contributed by atoms with E-state index < -0.39 is 0 Å².